The van der Waals surface area contributed by atoms with Crippen molar-refractivity contribution in [2.75, 3.05) is 0 Å². The summed E-state index contributed by atoms with van der Waals surface area (Å²) >= 11 is 0. The summed E-state index contributed by atoms with van der Waals surface area (Å²) in [7, 11) is 0. The van der Waals surface area contributed by atoms with Gasteiger partial charge in [-0.1, -0.05) is 47.1 Å². The number of ketones is 1. The van der Waals surface area contributed by atoms with E-state index in [1.807, 2.05) is 13.8 Å². The van der Waals surface area contributed by atoms with Crippen LogP contribution in [0.4, 0.5) is 0 Å². The molecule has 0 aromatic rings. The number of ether oxygens (including phenoxy) is 2. The number of nitrogens with two attached hydrogens (primary N) is 1. The van der Waals surface area contributed by atoms with Crippen LogP contribution in [0.25, 0.3) is 0 Å². The van der Waals surface area contributed by atoms with Gasteiger partial charge in [-0.05, 0) is 125 Å². The lowest BCUT2D eigenvalue weighted by Gasteiger charge is -2.70. The molecule has 0 bridgehead atoms. The van der Waals surface area contributed by atoms with Crippen LogP contribution in [0.1, 0.15) is 127 Å². The fourth-order valence-corrected chi connectivity index (χ4v) is 11.2. The molecule has 0 saturated heterocycles. The van der Waals surface area contributed by atoms with Gasteiger partial charge in [0.15, 0.2) is 5.78 Å². The van der Waals surface area contributed by atoms with Gasteiger partial charge in [0.05, 0.1) is 11.5 Å². The molecule has 0 radical (unpaired) electrons. The molecule has 6 nitrogen and oxygen atoms in total. The first kappa shape index (κ1) is 31.7. The van der Waals surface area contributed by atoms with E-state index >= 15 is 0 Å². The summed E-state index contributed by atoms with van der Waals surface area (Å²) in [5.74, 6) is 0.241. The van der Waals surface area contributed by atoms with Gasteiger partial charge in [-0.3, -0.25) is 14.4 Å². The smallest absolute Gasteiger partial charge is 0.322 e. The van der Waals surface area contributed by atoms with Gasteiger partial charge in [-0.2, -0.15) is 0 Å². The molecule has 10 atom stereocenters. The highest BCUT2D eigenvalue weighted by atomic mass is 16.5. The molecule has 5 aliphatic rings. The topological polar surface area (TPSA) is 95.7 Å². The zero-order valence-electron chi connectivity index (χ0n) is 28.0. The Morgan fingerprint density at radius 1 is 0.905 bits per heavy atom. The van der Waals surface area contributed by atoms with Crippen molar-refractivity contribution in [1.29, 1.82) is 0 Å². The number of carbonyl (C=O) groups is 3. The number of rotatable bonds is 4. The van der Waals surface area contributed by atoms with E-state index in [2.05, 4.69) is 54.5 Å². The van der Waals surface area contributed by atoms with Crippen LogP contribution >= 0.6 is 0 Å². The summed E-state index contributed by atoms with van der Waals surface area (Å²) in [6.45, 7) is 21.7. The summed E-state index contributed by atoms with van der Waals surface area (Å²) in [5, 5.41) is 0. The summed E-state index contributed by atoms with van der Waals surface area (Å²) in [5.41, 5.74) is 6.03. The van der Waals surface area contributed by atoms with Gasteiger partial charge in [0.2, 0.25) is 0 Å². The molecule has 6 heteroatoms. The average molecular weight is 584 g/mol. The fourth-order valence-electron chi connectivity index (χ4n) is 11.2. The van der Waals surface area contributed by atoms with Crippen molar-refractivity contribution in [2.24, 2.45) is 56.0 Å². The second kappa shape index (κ2) is 9.91. The van der Waals surface area contributed by atoms with Gasteiger partial charge in [-0.15, -0.1) is 0 Å². The van der Waals surface area contributed by atoms with E-state index < -0.39 is 11.5 Å². The molecule has 0 spiro atoms. The van der Waals surface area contributed by atoms with Crippen LogP contribution in [0.3, 0.4) is 0 Å². The molecule has 0 unspecified atom stereocenters. The van der Waals surface area contributed by atoms with Crippen LogP contribution < -0.4 is 5.73 Å². The van der Waals surface area contributed by atoms with Gasteiger partial charge < -0.3 is 15.2 Å². The first-order valence-corrected chi connectivity index (χ1v) is 16.7. The van der Waals surface area contributed by atoms with Crippen molar-refractivity contribution in [3.63, 3.8) is 0 Å². The van der Waals surface area contributed by atoms with Gasteiger partial charge in [-0.25, -0.2) is 0 Å². The number of esters is 2. The maximum absolute atomic E-state index is 14.6. The summed E-state index contributed by atoms with van der Waals surface area (Å²) < 4.78 is 11.8. The molecule has 0 amide bonds. The molecule has 42 heavy (non-hydrogen) atoms. The highest BCUT2D eigenvalue weighted by molar-refractivity contribution is 5.95. The lowest BCUT2D eigenvalue weighted by atomic mass is 9.33. The SMILES string of the molecule is CC(C)OC(=O)[C@@]1(C)CC[C@]2(C)CC[C@]3(C)C(=CC(=O)[C@@H]4[C@@]5(C)CC[C@H](OC(=O)[C@@H](C)N)C(C)(C)[C@@H]5CC[C@]43C)[C@@H]2C1. The van der Waals surface area contributed by atoms with E-state index in [1.54, 1.807) is 6.92 Å². The molecule has 236 valence electrons. The van der Waals surface area contributed by atoms with Crippen molar-refractivity contribution < 1.29 is 23.9 Å². The van der Waals surface area contributed by atoms with E-state index in [-0.39, 0.29) is 74.8 Å². The lowest BCUT2D eigenvalue weighted by Crippen LogP contribution is -2.67. The first-order chi connectivity index (χ1) is 19.2. The fraction of sp³-hybridized carbons (Fsp3) is 0.861. The van der Waals surface area contributed by atoms with Crippen LogP contribution in [0.2, 0.25) is 0 Å². The second-order valence-electron chi connectivity index (χ2n) is 17.3. The molecule has 5 aliphatic carbocycles. The molecule has 5 rings (SSSR count). The molecule has 0 aromatic heterocycles. The average Bonchev–Trinajstić information content (AvgIpc) is 2.87. The maximum Gasteiger partial charge on any atom is 0.322 e. The lowest BCUT2D eigenvalue weighted by molar-refractivity contribution is -0.211. The Bertz CT molecular complexity index is 1190. The molecule has 2 N–H and O–H groups in total. The predicted molar refractivity (Wildman–Crippen MR) is 164 cm³/mol. The third-order valence-corrected chi connectivity index (χ3v) is 14.0. The predicted octanol–water partition coefficient (Wildman–Crippen LogP) is 7.18. The van der Waals surface area contributed by atoms with E-state index in [4.69, 9.17) is 15.2 Å². The van der Waals surface area contributed by atoms with Crippen molar-refractivity contribution in [3.8, 4) is 0 Å². The minimum Gasteiger partial charge on any atom is -0.463 e. The Labute approximate surface area is 254 Å². The van der Waals surface area contributed by atoms with Crippen LogP contribution in [-0.2, 0) is 23.9 Å². The van der Waals surface area contributed by atoms with Gasteiger partial charge in [0.25, 0.3) is 0 Å². The largest absolute Gasteiger partial charge is 0.463 e. The number of carbonyl (C=O) groups excluding carboxylic acids is 3. The van der Waals surface area contributed by atoms with E-state index in [9.17, 15) is 14.4 Å². The molecule has 0 aromatic carbocycles. The quantitative estimate of drug-likeness (QED) is 0.352. The number of fused-ring (bicyclic) bond motifs is 7. The molecule has 4 fully saturated rings. The van der Waals surface area contributed by atoms with E-state index in [0.29, 0.717) is 0 Å². The monoisotopic (exact) mass is 583 g/mol. The third-order valence-electron chi connectivity index (χ3n) is 14.0. The molecular formula is C36H57NO5. The van der Waals surface area contributed by atoms with E-state index in [0.717, 1.165) is 57.8 Å². The van der Waals surface area contributed by atoms with Gasteiger partial charge >= 0.3 is 11.9 Å². The van der Waals surface area contributed by atoms with E-state index in [1.165, 1.54) is 5.57 Å². The van der Waals surface area contributed by atoms with Crippen LogP contribution in [0, 0.1) is 50.2 Å². The summed E-state index contributed by atoms with van der Waals surface area (Å²) in [4.78, 5) is 40.5. The third kappa shape index (κ3) is 4.38. The highest BCUT2D eigenvalue weighted by Gasteiger charge is 2.70. The summed E-state index contributed by atoms with van der Waals surface area (Å²) in [6, 6.07) is -0.641. The molecular weight excluding hydrogens is 526 g/mol. The maximum atomic E-state index is 14.6. The zero-order chi connectivity index (χ0) is 31.3. The zero-order valence-corrected chi connectivity index (χ0v) is 28.0. The Morgan fingerprint density at radius 3 is 2.17 bits per heavy atom. The van der Waals surface area contributed by atoms with Crippen molar-refractivity contribution in [3.05, 3.63) is 11.6 Å². The molecule has 0 aliphatic heterocycles. The Balaban J connectivity index is 1.52. The number of hydrogen-bond acceptors (Lipinski definition) is 6. The number of allylic oxidation sites excluding steroid dienone is 2. The molecule has 0 heterocycles. The molecule has 4 saturated carbocycles. The standard InChI is InChI=1S/C36H57NO5/c1-21(2)41-30(40)33(7)16-15-32(6)17-18-35(9)23(24(32)20-33)19-25(38)28-34(8)13-12-27(42-29(39)22(3)37)31(4,5)26(34)11-14-36(28,35)10/h19,21-22,24,26-28H,11-18,20,37H2,1-10H3/t22-,24+,26+,27+,28-,32-,33+,34+,35-,36-/m1/s1. The summed E-state index contributed by atoms with van der Waals surface area (Å²) in [6.07, 6.45) is 10.1. The Kier molecular flexibility index (Phi) is 7.48. The number of hydrogen-bond donors (Lipinski definition) is 1. The second-order valence-corrected chi connectivity index (χ2v) is 17.3. The van der Waals surface area contributed by atoms with Crippen LogP contribution in [-0.4, -0.2) is 36.0 Å². The Hall–Kier alpha value is -1.69. The van der Waals surface area contributed by atoms with Crippen LogP contribution in [0.15, 0.2) is 11.6 Å². The minimum atomic E-state index is -0.641. The first-order valence-electron chi connectivity index (χ1n) is 16.7. The van der Waals surface area contributed by atoms with Gasteiger partial charge in [0.1, 0.15) is 12.1 Å². The van der Waals surface area contributed by atoms with Crippen molar-refractivity contribution >= 4 is 17.7 Å². The minimum absolute atomic E-state index is 0.0768. The normalized spacial score (nSPS) is 46.8. The van der Waals surface area contributed by atoms with Crippen LogP contribution in [0.5, 0.6) is 0 Å². The van der Waals surface area contributed by atoms with Crippen molar-refractivity contribution in [2.45, 2.75) is 145 Å². The Morgan fingerprint density at radius 2 is 1.55 bits per heavy atom. The van der Waals surface area contributed by atoms with Gasteiger partial charge in [0, 0.05) is 11.3 Å². The van der Waals surface area contributed by atoms with Crippen molar-refractivity contribution in [1.82, 2.24) is 0 Å². The highest BCUT2D eigenvalue weighted by Crippen LogP contribution is 2.75.